The Balaban J connectivity index is 1.53. The highest BCUT2D eigenvalue weighted by atomic mass is 16.2. The zero-order valence-corrected chi connectivity index (χ0v) is 14.6. The van der Waals surface area contributed by atoms with Gasteiger partial charge in [-0.3, -0.25) is 14.4 Å². The van der Waals surface area contributed by atoms with Crippen LogP contribution in [-0.4, -0.2) is 58.0 Å². The first-order valence-corrected chi connectivity index (χ1v) is 9.20. The lowest BCUT2D eigenvalue weighted by Gasteiger charge is -2.31. The molecule has 1 aliphatic carbocycles. The summed E-state index contributed by atoms with van der Waals surface area (Å²) in [5.74, 6) is 0.218. The second-order valence-electron chi connectivity index (χ2n) is 7.05. The predicted octanol–water partition coefficient (Wildman–Crippen LogP) is 1.40. The van der Waals surface area contributed by atoms with Crippen LogP contribution in [0.3, 0.4) is 0 Å². The Morgan fingerprint density at radius 1 is 0.962 bits per heavy atom. The summed E-state index contributed by atoms with van der Waals surface area (Å²) in [7, 11) is 0. The van der Waals surface area contributed by atoms with Crippen molar-refractivity contribution in [1.82, 2.24) is 20.0 Å². The second kappa shape index (κ2) is 6.90. The van der Waals surface area contributed by atoms with Crippen LogP contribution in [-0.2, 0) is 4.79 Å². The molecular formula is C19H22N4O3. The fourth-order valence-electron chi connectivity index (χ4n) is 3.68. The fraction of sp³-hybridized carbons (Fsp3) is 0.474. The van der Waals surface area contributed by atoms with Crippen LogP contribution in [0.15, 0.2) is 29.1 Å². The lowest BCUT2D eigenvalue weighted by Crippen LogP contribution is -2.41. The summed E-state index contributed by atoms with van der Waals surface area (Å²) in [6.07, 6.45) is 3.88. The van der Waals surface area contributed by atoms with E-state index in [-0.39, 0.29) is 29.0 Å². The van der Waals surface area contributed by atoms with Gasteiger partial charge in [0, 0.05) is 37.5 Å². The third-order valence-electron chi connectivity index (χ3n) is 5.45. The number of aromatic nitrogens is 2. The number of carbonyl (C=O) groups excluding carboxylic acids is 2. The molecule has 0 radical (unpaired) electrons. The van der Waals surface area contributed by atoms with Gasteiger partial charge in [-0.15, -0.1) is 0 Å². The molecule has 4 rings (SSSR count). The number of nitrogens with one attached hydrogen (secondary N) is 1. The molecule has 0 bridgehead atoms. The van der Waals surface area contributed by atoms with Crippen LogP contribution in [0.1, 0.15) is 36.2 Å². The van der Waals surface area contributed by atoms with Crippen molar-refractivity contribution >= 4 is 22.6 Å². The van der Waals surface area contributed by atoms with E-state index in [0.29, 0.717) is 37.0 Å². The Labute approximate surface area is 151 Å². The number of fused-ring (bicyclic) bond motifs is 1. The molecule has 2 amide bonds. The van der Waals surface area contributed by atoms with Crippen molar-refractivity contribution < 1.29 is 9.59 Å². The summed E-state index contributed by atoms with van der Waals surface area (Å²) in [5.41, 5.74) is -0.0377. The largest absolute Gasteiger partial charge is 0.341 e. The van der Waals surface area contributed by atoms with Gasteiger partial charge in [-0.2, -0.15) is 5.10 Å². The summed E-state index contributed by atoms with van der Waals surface area (Å²) < 4.78 is 0. The standard InChI is InChI=1S/C19H22N4O3/c24-17-15-8-2-1-7-14(15)16(20-21-17)19(26)23-10-4-9-22(11-12-23)18(25)13-5-3-6-13/h1-2,7-8,13H,3-6,9-12H2,(H,21,24). The van der Waals surface area contributed by atoms with E-state index in [1.165, 1.54) is 0 Å². The lowest BCUT2D eigenvalue weighted by atomic mass is 9.84. The monoisotopic (exact) mass is 354 g/mol. The normalized spacial score (nSPS) is 18.5. The molecule has 1 saturated heterocycles. The highest BCUT2D eigenvalue weighted by molar-refractivity contribution is 6.04. The number of amides is 2. The van der Waals surface area contributed by atoms with Gasteiger partial charge in [-0.25, -0.2) is 5.10 Å². The quantitative estimate of drug-likeness (QED) is 0.883. The van der Waals surface area contributed by atoms with Gasteiger partial charge in [-0.05, 0) is 25.3 Å². The molecule has 2 aliphatic rings. The summed E-state index contributed by atoms with van der Waals surface area (Å²) in [5, 5.41) is 7.45. The Bertz CT molecular complexity index is 903. The molecule has 1 aromatic heterocycles. The molecule has 0 unspecified atom stereocenters. The van der Waals surface area contributed by atoms with Gasteiger partial charge in [0.1, 0.15) is 0 Å². The fourth-order valence-corrected chi connectivity index (χ4v) is 3.68. The molecule has 2 aromatic rings. The van der Waals surface area contributed by atoms with Gasteiger partial charge in [0.25, 0.3) is 11.5 Å². The van der Waals surface area contributed by atoms with Gasteiger partial charge in [-0.1, -0.05) is 24.6 Å². The van der Waals surface area contributed by atoms with E-state index in [0.717, 1.165) is 25.7 Å². The molecular weight excluding hydrogens is 332 g/mol. The molecule has 1 N–H and O–H groups in total. The number of hydrogen-bond donors (Lipinski definition) is 1. The van der Waals surface area contributed by atoms with Crippen molar-refractivity contribution in [3.05, 3.63) is 40.3 Å². The van der Waals surface area contributed by atoms with E-state index in [9.17, 15) is 14.4 Å². The van der Waals surface area contributed by atoms with E-state index in [4.69, 9.17) is 0 Å². The number of rotatable bonds is 2. The van der Waals surface area contributed by atoms with Crippen LogP contribution in [0.4, 0.5) is 0 Å². The van der Waals surface area contributed by atoms with Crippen molar-refractivity contribution in [3.63, 3.8) is 0 Å². The zero-order chi connectivity index (χ0) is 18.1. The van der Waals surface area contributed by atoms with Crippen molar-refractivity contribution in [2.45, 2.75) is 25.7 Å². The third kappa shape index (κ3) is 2.98. The van der Waals surface area contributed by atoms with Crippen molar-refractivity contribution in [3.8, 4) is 0 Å². The molecule has 2 fully saturated rings. The maximum atomic E-state index is 13.0. The summed E-state index contributed by atoms with van der Waals surface area (Å²) in [4.78, 5) is 41.0. The Morgan fingerprint density at radius 2 is 1.65 bits per heavy atom. The number of aromatic amines is 1. The Hall–Kier alpha value is -2.70. The third-order valence-corrected chi connectivity index (χ3v) is 5.45. The zero-order valence-electron chi connectivity index (χ0n) is 14.6. The minimum atomic E-state index is -0.301. The van der Waals surface area contributed by atoms with E-state index >= 15 is 0 Å². The van der Waals surface area contributed by atoms with Gasteiger partial charge in [0.2, 0.25) is 5.91 Å². The van der Waals surface area contributed by atoms with Crippen LogP contribution in [0, 0.1) is 5.92 Å². The maximum Gasteiger partial charge on any atom is 0.275 e. The van der Waals surface area contributed by atoms with Gasteiger partial charge >= 0.3 is 0 Å². The topological polar surface area (TPSA) is 86.4 Å². The van der Waals surface area contributed by atoms with Crippen molar-refractivity contribution in [1.29, 1.82) is 0 Å². The molecule has 136 valence electrons. The molecule has 0 atom stereocenters. The van der Waals surface area contributed by atoms with Crippen molar-refractivity contribution in [2.24, 2.45) is 5.92 Å². The minimum absolute atomic E-state index is 0.182. The van der Waals surface area contributed by atoms with Crippen LogP contribution in [0.5, 0.6) is 0 Å². The molecule has 2 heterocycles. The van der Waals surface area contributed by atoms with Crippen LogP contribution < -0.4 is 5.56 Å². The highest BCUT2D eigenvalue weighted by Gasteiger charge is 2.31. The first-order valence-electron chi connectivity index (χ1n) is 9.20. The lowest BCUT2D eigenvalue weighted by molar-refractivity contribution is -0.138. The number of hydrogen-bond acceptors (Lipinski definition) is 4. The average molecular weight is 354 g/mol. The molecule has 1 saturated carbocycles. The van der Waals surface area contributed by atoms with Gasteiger partial charge in [0.15, 0.2) is 5.69 Å². The molecule has 0 spiro atoms. The number of carbonyl (C=O) groups is 2. The Kier molecular flexibility index (Phi) is 4.44. The van der Waals surface area contributed by atoms with E-state index < -0.39 is 0 Å². The summed E-state index contributed by atoms with van der Waals surface area (Å²) in [6.45, 7) is 2.33. The maximum absolute atomic E-state index is 13.0. The predicted molar refractivity (Wildman–Crippen MR) is 96.8 cm³/mol. The smallest absolute Gasteiger partial charge is 0.275 e. The van der Waals surface area contributed by atoms with Crippen molar-refractivity contribution in [2.75, 3.05) is 26.2 Å². The molecule has 1 aromatic carbocycles. The highest BCUT2D eigenvalue weighted by Crippen LogP contribution is 2.28. The molecule has 1 aliphatic heterocycles. The average Bonchev–Trinajstić information content (AvgIpc) is 2.86. The Morgan fingerprint density at radius 3 is 2.38 bits per heavy atom. The van der Waals surface area contributed by atoms with E-state index in [1.807, 2.05) is 4.90 Å². The summed E-state index contributed by atoms with van der Waals surface area (Å²) in [6, 6.07) is 6.99. The molecule has 7 nitrogen and oxygen atoms in total. The van der Waals surface area contributed by atoms with Crippen LogP contribution >= 0.6 is 0 Å². The van der Waals surface area contributed by atoms with E-state index in [2.05, 4.69) is 10.2 Å². The van der Waals surface area contributed by atoms with Crippen LogP contribution in [0.2, 0.25) is 0 Å². The molecule has 26 heavy (non-hydrogen) atoms. The van der Waals surface area contributed by atoms with E-state index in [1.54, 1.807) is 29.2 Å². The molecule has 7 heteroatoms. The van der Waals surface area contributed by atoms with Gasteiger partial charge in [0.05, 0.1) is 5.39 Å². The number of benzene rings is 1. The number of H-pyrrole nitrogens is 1. The second-order valence-corrected chi connectivity index (χ2v) is 7.05. The van der Waals surface area contributed by atoms with Crippen LogP contribution in [0.25, 0.3) is 10.8 Å². The van der Waals surface area contributed by atoms with Gasteiger partial charge < -0.3 is 9.80 Å². The number of nitrogens with zero attached hydrogens (tertiary/aromatic N) is 3. The minimum Gasteiger partial charge on any atom is -0.341 e. The summed E-state index contributed by atoms with van der Waals surface area (Å²) >= 11 is 0. The SMILES string of the molecule is O=C(c1n[nH]c(=O)c2ccccc12)N1CCCN(C(=O)C2CCC2)CC1. The first kappa shape index (κ1) is 16.8. The first-order chi connectivity index (χ1) is 12.6.